The summed E-state index contributed by atoms with van der Waals surface area (Å²) >= 11 is 0. The van der Waals surface area contributed by atoms with E-state index in [0.29, 0.717) is 13.0 Å². The Bertz CT molecular complexity index is 322. The van der Waals surface area contributed by atoms with Crippen LogP contribution in [-0.2, 0) is 11.3 Å². The Kier molecular flexibility index (Phi) is 3.80. The summed E-state index contributed by atoms with van der Waals surface area (Å²) in [5, 5.41) is 2.80. The minimum absolute atomic E-state index is 0.123. The zero-order valence-electron chi connectivity index (χ0n) is 9.16. The van der Waals surface area contributed by atoms with Crippen LogP contribution in [-0.4, -0.2) is 16.4 Å². The molecule has 0 aliphatic carbocycles. The molecule has 1 rings (SSSR count). The highest BCUT2D eigenvalue weighted by Gasteiger charge is 2.25. The maximum absolute atomic E-state index is 11.6. The largest absolute Gasteiger partial charge is 0.350 e. The molecule has 4 nitrogen and oxygen atoms in total. The Morgan fingerprint density at radius 2 is 2.13 bits per heavy atom. The Morgan fingerprint density at radius 3 is 2.67 bits per heavy atom. The van der Waals surface area contributed by atoms with Crippen LogP contribution in [0.1, 0.15) is 25.8 Å². The fourth-order valence-corrected chi connectivity index (χ4v) is 1.05. The topological polar surface area (TPSA) is 68.0 Å². The molecule has 1 atom stereocenters. The first-order valence-electron chi connectivity index (χ1n) is 5.02. The van der Waals surface area contributed by atoms with Crippen LogP contribution in [0.25, 0.3) is 0 Å². The van der Waals surface area contributed by atoms with E-state index in [9.17, 15) is 4.79 Å². The van der Waals surface area contributed by atoms with E-state index in [2.05, 4.69) is 10.3 Å². The maximum atomic E-state index is 11.6. The van der Waals surface area contributed by atoms with Gasteiger partial charge in [-0.15, -0.1) is 0 Å². The average molecular weight is 207 g/mol. The lowest BCUT2D eigenvalue weighted by Gasteiger charge is -2.21. The van der Waals surface area contributed by atoms with Crippen molar-refractivity contribution >= 4 is 5.91 Å². The van der Waals surface area contributed by atoms with Gasteiger partial charge in [-0.25, -0.2) is 0 Å². The highest BCUT2D eigenvalue weighted by atomic mass is 16.2. The molecule has 0 aliphatic rings. The van der Waals surface area contributed by atoms with Crippen molar-refractivity contribution in [3.05, 3.63) is 30.1 Å². The van der Waals surface area contributed by atoms with Gasteiger partial charge in [-0.3, -0.25) is 9.78 Å². The van der Waals surface area contributed by atoms with E-state index in [1.54, 1.807) is 19.3 Å². The number of nitrogens with one attached hydrogen (secondary N) is 1. The van der Waals surface area contributed by atoms with Crippen molar-refractivity contribution < 1.29 is 4.79 Å². The minimum atomic E-state index is -0.785. The molecule has 0 bridgehead atoms. The van der Waals surface area contributed by atoms with Gasteiger partial charge >= 0.3 is 0 Å². The molecule has 15 heavy (non-hydrogen) atoms. The normalized spacial score (nSPS) is 14.3. The van der Waals surface area contributed by atoms with E-state index in [0.717, 1.165) is 5.56 Å². The lowest BCUT2D eigenvalue weighted by atomic mass is 9.99. The maximum Gasteiger partial charge on any atom is 0.240 e. The standard InChI is InChI=1S/C11H17N3O/c1-3-11(2,12)10(15)14-8-9-4-6-13-7-5-9/h4-7H,3,8,12H2,1-2H3,(H,14,15). The summed E-state index contributed by atoms with van der Waals surface area (Å²) in [6.07, 6.45) is 4.01. The third-order valence-corrected chi connectivity index (χ3v) is 2.46. The van der Waals surface area contributed by atoms with Gasteiger partial charge in [-0.1, -0.05) is 6.92 Å². The van der Waals surface area contributed by atoms with E-state index in [4.69, 9.17) is 5.73 Å². The summed E-state index contributed by atoms with van der Waals surface area (Å²) in [6.45, 7) is 4.12. The first kappa shape index (κ1) is 11.7. The van der Waals surface area contributed by atoms with Crippen LogP contribution in [0.15, 0.2) is 24.5 Å². The summed E-state index contributed by atoms with van der Waals surface area (Å²) in [5.41, 5.74) is 6.03. The molecule has 1 aromatic rings. The third kappa shape index (κ3) is 3.32. The highest BCUT2D eigenvalue weighted by Crippen LogP contribution is 2.05. The van der Waals surface area contributed by atoms with Gasteiger partial charge in [0.1, 0.15) is 0 Å². The van der Waals surface area contributed by atoms with E-state index in [1.807, 2.05) is 19.1 Å². The quantitative estimate of drug-likeness (QED) is 0.768. The van der Waals surface area contributed by atoms with Gasteiger partial charge in [-0.05, 0) is 31.0 Å². The van der Waals surface area contributed by atoms with Crippen molar-refractivity contribution in [1.29, 1.82) is 0 Å². The molecule has 0 saturated carbocycles. The average Bonchev–Trinajstić information content (AvgIpc) is 2.27. The zero-order valence-corrected chi connectivity index (χ0v) is 9.16. The number of rotatable bonds is 4. The Hall–Kier alpha value is -1.42. The molecule has 0 aromatic carbocycles. The number of hydrogen-bond acceptors (Lipinski definition) is 3. The van der Waals surface area contributed by atoms with Crippen molar-refractivity contribution in [1.82, 2.24) is 10.3 Å². The predicted molar refractivity (Wildman–Crippen MR) is 59.0 cm³/mol. The molecule has 1 amide bonds. The summed E-state index contributed by atoms with van der Waals surface area (Å²) in [5.74, 6) is -0.123. The summed E-state index contributed by atoms with van der Waals surface area (Å²) < 4.78 is 0. The smallest absolute Gasteiger partial charge is 0.240 e. The minimum Gasteiger partial charge on any atom is -0.350 e. The van der Waals surface area contributed by atoms with Gasteiger partial charge in [0, 0.05) is 18.9 Å². The second-order valence-corrected chi connectivity index (χ2v) is 3.81. The highest BCUT2D eigenvalue weighted by molar-refractivity contribution is 5.85. The second kappa shape index (κ2) is 4.89. The number of amides is 1. The van der Waals surface area contributed by atoms with Gasteiger partial charge in [-0.2, -0.15) is 0 Å². The SMILES string of the molecule is CCC(C)(N)C(=O)NCc1ccncc1. The van der Waals surface area contributed by atoms with Crippen molar-refractivity contribution in [2.24, 2.45) is 5.73 Å². The molecule has 4 heteroatoms. The molecular formula is C11H17N3O. The molecule has 1 heterocycles. The van der Waals surface area contributed by atoms with Gasteiger partial charge in [0.2, 0.25) is 5.91 Å². The van der Waals surface area contributed by atoms with E-state index in [1.165, 1.54) is 0 Å². The number of carbonyl (C=O) groups is 1. The van der Waals surface area contributed by atoms with Crippen LogP contribution in [0, 0.1) is 0 Å². The lowest BCUT2D eigenvalue weighted by Crippen LogP contribution is -2.50. The van der Waals surface area contributed by atoms with Crippen molar-refractivity contribution in [3.63, 3.8) is 0 Å². The molecule has 0 saturated heterocycles. The number of aromatic nitrogens is 1. The van der Waals surface area contributed by atoms with Crippen LogP contribution in [0.3, 0.4) is 0 Å². The fourth-order valence-electron chi connectivity index (χ4n) is 1.05. The van der Waals surface area contributed by atoms with Crippen LogP contribution in [0.2, 0.25) is 0 Å². The van der Waals surface area contributed by atoms with Crippen LogP contribution < -0.4 is 11.1 Å². The number of nitrogens with zero attached hydrogens (tertiary/aromatic N) is 1. The van der Waals surface area contributed by atoms with Gasteiger partial charge in [0.25, 0.3) is 0 Å². The van der Waals surface area contributed by atoms with Crippen molar-refractivity contribution in [2.75, 3.05) is 0 Å². The van der Waals surface area contributed by atoms with E-state index >= 15 is 0 Å². The van der Waals surface area contributed by atoms with E-state index < -0.39 is 5.54 Å². The fraction of sp³-hybridized carbons (Fsp3) is 0.455. The van der Waals surface area contributed by atoms with E-state index in [-0.39, 0.29) is 5.91 Å². The number of nitrogens with two attached hydrogens (primary N) is 1. The number of pyridine rings is 1. The molecule has 1 aromatic heterocycles. The Morgan fingerprint density at radius 1 is 1.53 bits per heavy atom. The third-order valence-electron chi connectivity index (χ3n) is 2.46. The lowest BCUT2D eigenvalue weighted by molar-refractivity contribution is -0.126. The summed E-state index contributed by atoms with van der Waals surface area (Å²) in [6, 6.07) is 3.72. The summed E-state index contributed by atoms with van der Waals surface area (Å²) in [4.78, 5) is 15.5. The van der Waals surface area contributed by atoms with Gasteiger partial charge in [0.15, 0.2) is 0 Å². The van der Waals surface area contributed by atoms with Gasteiger partial charge in [0.05, 0.1) is 5.54 Å². The molecule has 3 N–H and O–H groups in total. The van der Waals surface area contributed by atoms with Crippen molar-refractivity contribution in [3.8, 4) is 0 Å². The Balaban J connectivity index is 2.48. The molecule has 1 unspecified atom stereocenters. The molecule has 0 spiro atoms. The molecule has 82 valence electrons. The van der Waals surface area contributed by atoms with Crippen LogP contribution >= 0.6 is 0 Å². The molecule has 0 fully saturated rings. The summed E-state index contributed by atoms with van der Waals surface area (Å²) in [7, 11) is 0. The molecular weight excluding hydrogens is 190 g/mol. The monoisotopic (exact) mass is 207 g/mol. The number of carbonyl (C=O) groups excluding carboxylic acids is 1. The van der Waals surface area contributed by atoms with Crippen LogP contribution in [0.4, 0.5) is 0 Å². The van der Waals surface area contributed by atoms with Crippen LogP contribution in [0.5, 0.6) is 0 Å². The Labute approximate surface area is 89.9 Å². The molecule has 0 radical (unpaired) electrons. The first-order chi connectivity index (χ1) is 7.06. The second-order valence-electron chi connectivity index (χ2n) is 3.81. The zero-order chi connectivity index (χ0) is 11.3. The number of hydrogen-bond donors (Lipinski definition) is 2. The van der Waals surface area contributed by atoms with Gasteiger partial charge < -0.3 is 11.1 Å². The predicted octanol–water partition coefficient (Wildman–Crippen LogP) is 0.825. The van der Waals surface area contributed by atoms with Crippen molar-refractivity contribution in [2.45, 2.75) is 32.4 Å². The molecule has 0 aliphatic heterocycles. The first-order valence-corrected chi connectivity index (χ1v) is 5.02.